The van der Waals surface area contributed by atoms with Gasteiger partial charge in [0.15, 0.2) is 0 Å². The van der Waals surface area contributed by atoms with Crippen molar-refractivity contribution in [3.05, 3.63) is 65.0 Å². The van der Waals surface area contributed by atoms with Crippen molar-refractivity contribution in [1.29, 1.82) is 0 Å². The highest BCUT2D eigenvalue weighted by Gasteiger charge is 2.25. The molecule has 0 saturated carbocycles. The molecule has 0 bridgehead atoms. The minimum absolute atomic E-state index is 0.0211. The van der Waals surface area contributed by atoms with E-state index in [4.69, 9.17) is 4.74 Å². The van der Waals surface area contributed by atoms with E-state index in [1.54, 1.807) is 26.2 Å². The fraction of sp³-hybridized carbons (Fsp3) is 0.364. The van der Waals surface area contributed by atoms with Gasteiger partial charge in [-0.05, 0) is 43.5 Å². The molecule has 0 radical (unpaired) electrons. The van der Waals surface area contributed by atoms with E-state index in [9.17, 15) is 14.0 Å². The maximum atomic E-state index is 13.7. The number of hydrogen-bond donors (Lipinski definition) is 1. The topological polar surface area (TPSA) is 58.6 Å². The van der Waals surface area contributed by atoms with Gasteiger partial charge < -0.3 is 15.0 Å². The van der Waals surface area contributed by atoms with E-state index in [-0.39, 0.29) is 23.7 Å². The van der Waals surface area contributed by atoms with Gasteiger partial charge in [0.2, 0.25) is 5.91 Å². The molecule has 6 heteroatoms. The van der Waals surface area contributed by atoms with Gasteiger partial charge in [0.1, 0.15) is 11.6 Å². The van der Waals surface area contributed by atoms with Gasteiger partial charge in [-0.2, -0.15) is 0 Å². The summed E-state index contributed by atoms with van der Waals surface area (Å²) >= 11 is 0. The van der Waals surface area contributed by atoms with E-state index >= 15 is 0 Å². The Morgan fingerprint density at radius 1 is 1.18 bits per heavy atom. The molecule has 28 heavy (non-hydrogen) atoms. The van der Waals surface area contributed by atoms with Crippen LogP contribution in [0.4, 0.5) is 4.39 Å². The zero-order chi connectivity index (χ0) is 20.1. The molecular formula is C22H25FN2O3. The van der Waals surface area contributed by atoms with Crippen molar-refractivity contribution in [2.24, 2.45) is 0 Å². The first kappa shape index (κ1) is 19.9. The summed E-state index contributed by atoms with van der Waals surface area (Å²) in [5.41, 5.74) is 1.70. The molecule has 3 rings (SSSR count). The molecule has 1 saturated heterocycles. The molecule has 2 amide bonds. The third kappa shape index (κ3) is 4.68. The average Bonchev–Trinajstić information content (AvgIpc) is 2.71. The lowest BCUT2D eigenvalue weighted by atomic mass is 10.0. The summed E-state index contributed by atoms with van der Waals surface area (Å²) in [5, 5.41) is 2.95. The minimum Gasteiger partial charge on any atom is -0.496 e. The van der Waals surface area contributed by atoms with Crippen molar-refractivity contribution < 1.29 is 18.7 Å². The van der Waals surface area contributed by atoms with Gasteiger partial charge in [-0.1, -0.05) is 24.3 Å². The van der Waals surface area contributed by atoms with Crippen LogP contribution in [-0.4, -0.2) is 43.0 Å². The number of likely N-dealkylation sites (tertiary alicyclic amines) is 1. The number of carbonyl (C=O) groups excluding carboxylic acids is 2. The average molecular weight is 384 g/mol. The summed E-state index contributed by atoms with van der Waals surface area (Å²) < 4.78 is 19.0. The third-order valence-electron chi connectivity index (χ3n) is 5.15. The largest absolute Gasteiger partial charge is 0.496 e. The van der Waals surface area contributed by atoms with Crippen LogP contribution >= 0.6 is 0 Å². The second-order valence-electron chi connectivity index (χ2n) is 7.08. The number of rotatable bonds is 5. The Morgan fingerprint density at radius 3 is 2.57 bits per heavy atom. The Labute approximate surface area is 164 Å². The van der Waals surface area contributed by atoms with Gasteiger partial charge >= 0.3 is 0 Å². The predicted octanol–water partition coefficient (Wildman–Crippen LogP) is 3.11. The molecule has 1 N–H and O–H groups in total. The number of benzene rings is 2. The van der Waals surface area contributed by atoms with Crippen LogP contribution in [0.2, 0.25) is 0 Å². The lowest BCUT2D eigenvalue weighted by Crippen LogP contribution is -2.47. The highest BCUT2D eigenvalue weighted by atomic mass is 19.1. The van der Waals surface area contributed by atoms with Crippen LogP contribution in [0.3, 0.4) is 0 Å². The number of methoxy groups -OCH3 is 1. The Morgan fingerprint density at radius 2 is 1.89 bits per heavy atom. The highest BCUT2D eigenvalue weighted by molar-refractivity contribution is 5.94. The molecule has 5 nitrogen and oxygen atoms in total. The molecule has 2 aromatic carbocycles. The Balaban J connectivity index is 1.51. The van der Waals surface area contributed by atoms with E-state index < -0.39 is 0 Å². The molecule has 0 spiro atoms. The number of ether oxygens (including phenoxy) is 1. The fourth-order valence-corrected chi connectivity index (χ4v) is 3.40. The van der Waals surface area contributed by atoms with Gasteiger partial charge in [-0.25, -0.2) is 4.39 Å². The summed E-state index contributed by atoms with van der Waals surface area (Å²) in [5.74, 6) is 0.0975. The lowest BCUT2D eigenvalue weighted by molar-refractivity contribution is -0.131. The SMILES string of the molecule is COc1ccccc1CC(=O)N1CCC(NC(=O)c2ccc(C)c(F)c2)CC1. The normalized spacial score (nSPS) is 14.6. The van der Waals surface area contributed by atoms with Crippen molar-refractivity contribution in [3.63, 3.8) is 0 Å². The van der Waals surface area contributed by atoms with Gasteiger partial charge in [0, 0.05) is 30.3 Å². The second kappa shape index (κ2) is 8.87. The fourth-order valence-electron chi connectivity index (χ4n) is 3.40. The van der Waals surface area contributed by atoms with Crippen molar-refractivity contribution in [3.8, 4) is 5.75 Å². The molecule has 1 heterocycles. The molecule has 0 aromatic heterocycles. The molecule has 1 fully saturated rings. The van der Waals surface area contributed by atoms with Gasteiger partial charge in [-0.15, -0.1) is 0 Å². The van der Waals surface area contributed by atoms with E-state index in [1.165, 1.54) is 6.07 Å². The Bertz CT molecular complexity index is 861. The van der Waals surface area contributed by atoms with Gasteiger partial charge in [0.05, 0.1) is 13.5 Å². The van der Waals surface area contributed by atoms with Gasteiger partial charge in [-0.3, -0.25) is 9.59 Å². The van der Waals surface area contributed by atoms with Crippen LogP contribution in [-0.2, 0) is 11.2 Å². The summed E-state index contributed by atoms with van der Waals surface area (Å²) in [6, 6.07) is 12.0. The maximum Gasteiger partial charge on any atom is 0.251 e. The van der Waals surface area contributed by atoms with Crippen molar-refractivity contribution in [1.82, 2.24) is 10.2 Å². The first-order chi connectivity index (χ1) is 13.5. The first-order valence-electron chi connectivity index (χ1n) is 9.44. The van der Waals surface area contributed by atoms with Crippen molar-refractivity contribution in [2.75, 3.05) is 20.2 Å². The van der Waals surface area contributed by atoms with Crippen LogP contribution in [0.25, 0.3) is 0 Å². The molecule has 2 aromatic rings. The van der Waals surface area contributed by atoms with Crippen molar-refractivity contribution >= 4 is 11.8 Å². The van der Waals surface area contributed by atoms with E-state index in [0.717, 1.165) is 5.56 Å². The first-order valence-corrected chi connectivity index (χ1v) is 9.44. The molecule has 0 unspecified atom stereocenters. The number of halogens is 1. The van der Waals surface area contributed by atoms with Crippen LogP contribution in [0.1, 0.15) is 34.3 Å². The second-order valence-corrected chi connectivity index (χ2v) is 7.08. The summed E-state index contributed by atoms with van der Waals surface area (Å²) in [4.78, 5) is 26.7. The number of aryl methyl sites for hydroxylation is 1. The molecular weight excluding hydrogens is 359 g/mol. The number of amides is 2. The smallest absolute Gasteiger partial charge is 0.251 e. The maximum absolute atomic E-state index is 13.7. The molecule has 1 aliphatic rings. The zero-order valence-electron chi connectivity index (χ0n) is 16.2. The Hall–Kier alpha value is -2.89. The van der Waals surface area contributed by atoms with E-state index in [1.807, 2.05) is 29.2 Å². The lowest BCUT2D eigenvalue weighted by Gasteiger charge is -2.32. The van der Waals surface area contributed by atoms with Gasteiger partial charge in [0.25, 0.3) is 5.91 Å². The molecule has 1 aliphatic heterocycles. The van der Waals surface area contributed by atoms with Crippen LogP contribution < -0.4 is 10.1 Å². The Kier molecular flexibility index (Phi) is 6.29. The summed E-state index contributed by atoms with van der Waals surface area (Å²) in [7, 11) is 1.59. The number of carbonyl (C=O) groups is 2. The highest BCUT2D eigenvalue weighted by Crippen LogP contribution is 2.20. The summed E-state index contributed by atoms with van der Waals surface area (Å²) in [6.45, 7) is 2.83. The molecule has 148 valence electrons. The predicted molar refractivity (Wildman–Crippen MR) is 105 cm³/mol. The standard InChI is InChI=1S/C22H25FN2O3/c1-15-7-8-17(13-19(15)23)22(27)24-18-9-11-25(12-10-18)21(26)14-16-5-3-4-6-20(16)28-2/h3-8,13,18H,9-12,14H2,1-2H3,(H,24,27). The van der Waals surface area contributed by atoms with Crippen LogP contribution in [0.15, 0.2) is 42.5 Å². The zero-order valence-corrected chi connectivity index (χ0v) is 16.2. The summed E-state index contributed by atoms with van der Waals surface area (Å²) in [6.07, 6.45) is 1.65. The molecule has 0 atom stereocenters. The van der Waals surface area contributed by atoms with E-state index in [0.29, 0.717) is 49.2 Å². The number of para-hydroxylation sites is 1. The molecule has 0 aliphatic carbocycles. The third-order valence-corrected chi connectivity index (χ3v) is 5.15. The number of nitrogens with zero attached hydrogens (tertiary/aromatic N) is 1. The number of hydrogen-bond acceptors (Lipinski definition) is 3. The monoisotopic (exact) mass is 384 g/mol. The minimum atomic E-state index is -0.385. The van der Waals surface area contributed by atoms with Crippen molar-refractivity contribution in [2.45, 2.75) is 32.2 Å². The number of piperidine rings is 1. The van der Waals surface area contributed by atoms with Crippen LogP contribution in [0.5, 0.6) is 5.75 Å². The van der Waals surface area contributed by atoms with Crippen LogP contribution in [0, 0.1) is 12.7 Å². The number of nitrogens with one attached hydrogen (secondary N) is 1. The quantitative estimate of drug-likeness (QED) is 0.862. The van der Waals surface area contributed by atoms with E-state index in [2.05, 4.69) is 5.32 Å².